The lowest BCUT2D eigenvalue weighted by Crippen LogP contribution is -2.61. The number of nitrogens with one attached hydrogen (secondary N) is 3. The number of nitriles is 1. The summed E-state index contributed by atoms with van der Waals surface area (Å²) < 4.78 is 4.83. The highest BCUT2D eigenvalue weighted by Crippen LogP contribution is 2.34. The van der Waals surface area contributed by atoms with Crippen molar-refractivity contribution in [2.45, 2.75) is 80.3 Å². The molecular formula is C26H43N5O4. The molecule has 0 saturated carbocycles. The third-order valence-corrected chi connectivity index (χ3v) is 5.56. The summed E-state index contributed by atoms with van der Waals surface area (Å²) in [5.74, 6) is -0.266. The van der Waals surface area contributed by atoms with Gasteiger partial charge in [0.15, 0.2) is 0 Å². The minimum atomic E-state index is -1.12. The number of amides is 4. The first-order chi connectivity index (χ1) is 17.0. The number of imide groups is 1. The lowest BCUT2D eigenvalue weighted by Gasteiger charge is -2.39. The molecule has 196 valence electrons. The highest BCUT2D eigenvalue weighted by Gasteiger charge is 2.53. The van der Waals surface area contributed by atoms with Crippen LogP contribution in [0.4, 0.5) is 4.79 Å². The maximum absolute atomic E-state index is 12.8. The number of hydrogen-bond acceptors (Lipinski definition) is 6. The smallest absolute Gasteiger partial charge is 0.322 e. The van der Waals surface area contributed by atoms with Crippen molar-refractivity contribution in [2.75, 3.05) is 19.6 Å². The zero-order valence-electron chi connectivity index (χ0n) is 22.6. The Morgan fingerprint density at radius 1 is 1.03 bits per heavy atom. The number of ether oxygens (including phenoxy) is 1. The van der Waals surface area contributed by atoms with E-state index in [-0.39, 0.29) is 24.3 Å². The molecule has 2 saturated heterocycles. The molecule has 3 aliphatic heterocycles. The van der Waals surface area contributed by atoms with Crippen LogP contribution in [-0.4, -0.2) is 47.9 Å². The average molecular weight is 490 g/mol. The number of fused-ring (bicyclic) bond motifs is 1. The molecule has 0 aliphatic carbocycles. The molecule has 35 heavy (non-hydrogen) atoms. The first-order valence-electron chi connectivity index (χ1n) is 12.9. The molecule has 1 aromatic rings. The van der Waals surface area contributed by atoms with E-state index in [1.807, 2.05) is 55.4 Å². The van der Waals surface area contributed by atoms with Gasteiger partial charge in [0.1, 0.15) is 11.3 Å². The van der Waals surface area contributed by atoms with E-state index in [0.717, 1.165) is 31.5 Å². The van der Waals surface area contributed by atoms with E-state index < -0.39 is 11.6 Å². The maximum Gasteiger partial charge on any atom is 0.322 e. The summed E-state index contributed by atoms with van der Waals surface area (Å²) in [5, 5.41) is 17.0. The summed E-state index contributed by atoms with van der Waals surface area (Å²) in [6, 6.07) is 4.32. The van der Waals surface area contributed by atoms with Gasteiger partial charge in [-0.25, -0.2) is 4.79 Å². The normalized spacial score (nSPS) is 20.0. The number of urea groups is 1. The van der Waals surface area contributed by atoms with E-state index in [1.54, 1.807) is 29.4 Å². The molecule has 3 N–H and O–H groups in total. The lowest BCUT2D eigenvalue weighted by molar-refractivity contribution is -0.127. The Kier molecular flexibility index (Phi) is 15.0. The van der Waals surface area contributed by atoms with Crippen molar-refractivity contribution < 1.29 is 19.1 Å². The standard InChI is InChI=1S/C18H19N5O4.4C2H6/c19-10-27-13-1-2-14-11(7-13)8-23(15(14)24)9-18(12-3-5-20-6-4-12)16(25)21-17(26)22-18;4*1-2/h1-2,7,12,20H,3-6,8-9H2,(H2,21,22,25,26);4*1-2H3. The van der Waals surface area contributed by atoms with Crippen LogP contribution in [0.1, 0.15) is 84.2 Å². The molecule has 0 bridgehead atoms. The largest absolute Gasteiger partial charge is 0.388 e. The van der Waals surface area contributed by atoms with Crippen molar-refractivity contribution in [3.05, 3.63) is 29.3 Å². The first-order valence-corrected chi connectivity index (χ1v) is 12.9. The van der Waals surface area contributed by atoms with Gasteiger partial charge in [0.25, 0.3) is 18.1 Å². The Morgan fingerprint density at radius 2 is 1.63 bits per heavy atom. The number of nitrogens with zero attached hydrogens (tertiary/aromatic N) is 2. The van der Waals surface area contributed by atoms with Gasteiger partial charge in [-0.05, 0) is 55.6 Å². The predicted octanol–water partition coefficient (Wildman–Crippen LogP) is 4.18. The number of piperidine rings is 1. The maximum atomic E-state index is 12.8. The molecule has 0 spiro atoms. The summed E-state index contributed by atoms with van der Waals surface area (Å²) in [7, 11) is 0. The van der Waals surface area contributed by atoms with Gasteiger partial charge >= 0.3 is 6.03 Å². The molecule has 1 atom stereocenters. The fourth-order valence-corrected chi connectivity index (χ4v) is 4.25. The van der Waals surface area contributed by atoms with E-state index >= 15 is 0 Å². The van der Waals surface area contributed by atoms with E-state index in [9.17, 15) is 14.4 Å². The van der Waals surface area contributed by atoms with Crippen LogP contribution in [0.15, 0.2) is 18.2 Å². The molecule has 0 aromatic heterocycles. The van der Waals surface area contributed by atoms with Crippen molar-refractivity contribution in [3.63, 3.8) is 0 Å². The van der Waals surface area contributed by atoms with Gasteiger partial charge in [0, 0.05) is 12.1 Å². The van der Waals surface area contributed by atoms with Crippen LogP contribution >= 0.6 is 0 Å². The number of hydrogen-bond donors (Lipinski definition) is 3. The summed E-state index contributed by atoms with van der Waals surface area (Å²) in [6.45, 7) is 17.9. The highest BCUT2D eigenvalue weighted by atomic mass is 16.5. The van der Waals surface area contributed by atoms with Gasteiger partial charge in [0.2, 0.25) is 0 Å². The molecule has 0 radical (unpaired) electrons. The molecule has 1 aromatic carbocycles. The zero-order chi connectivity index (χ0) is 27.0. The van der Waals surface area contributed by atoms with Crippen LogP contribution in [0.25, 0.3) is 0 Å². The fourth-order valence-electron chi connectivity index (χ4n) is 4.25. The molecular weight excluding hydrogens is 446 g/mol. The molecule has 3 heterocycles. The number of carbonyl (C=O) groups is 3. The average Bonchev–Trinajstić information content (AvgIpc) is 3.39. The highest BCUT2D eigenvalue weighted by molar-refractivity contribution is 6.08. The molecule has 2 fully saturated rings. The monoisotopic (exact) mass is 489 g/mol. The van der Waals surface area contributed by atoms with Gasteiger partial charge in [-0.2, -0.15) is 0 Å². The molecule has 1 unspecified atom stereocenters. The van der Waals surface area contributed by atoms with Gasteiger partial charge in [-0.1, -0.05) is 55.4 Å². The van der Waals surface area contributed by atoms with E-state index in [0.29, 0.717) is 17.9 Å². The number of rotatable bonds is 4. The SMILES string of the molecule is CC.CC.CC.CC.N#COc1ccc2c(c1)CN(CC1(C3CCNCC3)NC(=O)NC1=O)C2=O. The second-order valence-corrected chi connectivity index (χ2v) is 7.08. The summed E-state index contributed by atoms with van der Waals surface area (Å²) >= 11 is 0. The molecule has 4 rings (SSSR count). The van der Waals surface area contributed by atoms with Crippen LogP contribution < -0.4 is 20.7 Å². The second kappa shape index (κ2) is 16.5. The van der Waals surface area contributed by atoms with Crippen molar-refractivity contribution in [3.8, 4) is 12.0 Å². The van der Waals surface area contributed by atoms with Gasteiger partial charge in [-0.3, -0.25) is 14.9 Å². The third-order valence-electron chi connectivity index (χ3n) is 5.56. The van der Waals surface area contributed by atoms with Crippen molar-refractivity contribution in [1.29, 1.82) is 5.26 Å². The van der Waals surface area contributed by atoms with Crippen LogP contribution in [0.3, 0.4) is 0 Å². The van der Waals surface area contributed by atoms with E-state index in [4.69, 9.17) is 10.00 Å². The van der Waals surface area contributed by atoms with E-state index in [1.165, 1.54) is 0 Å². The Labute approximate surface area is 210 Å². The van der Waals surface area contributed by atoms with Crippen molar-refractivity contribution in [2.24, 2.45) is 5.92 Å². The van der Waals surface area contributed by atoms with Crippen LogP contribution in [0.2, 0.25) is 0 Å². The number of carbonyl (C=O) groups excluding carboxylic acids is 3. The molecule has 9 heteroatoms. The van der Waals surface area contributed by atoms with E-state index in [2.05, 4.69) is 16.0 Å². The quantitative estimate of drug-likeness (QED) is 0.430. The predicted molar refractivity (Wildman–Crippen MR) is 138 cm³/mol. The Bertz CT molecular complexity index is 862. The Morgan fingerprint density at radius 3 is 2.14 bits per heavy atom. The fraction of sp³-hybridized carbons (Fsp3) is 0.615. The summed E-state index contributed by atoms with van der Waals surface area (Å²) in [6.07, 6.45) is 3.09. The minimum absolute atomic E-state index is 0.0563. The first kappa shape index (κ1) is 31.9. The van der Waals surface area contributed by atoms with Crippen molar-refractivity contribution >= 4 is 17.8 Å². The molecule has 9 nitrogen and oxygen atoms in total. The third kappa shape index (κ3) is 7.43. The van der Waals surface area contributed by atoms with Crippen LogP contribution in [0, 0.1) is 17.4 Å². The Hall–Kier alpha value is -3.12. The van der Waals surface area contributed by atoms with Crippen LogP contribution in [-0.2, 0) is 11.3 Å². The Balaban J connectivity index is 0.00000132. The summed E-state index contributed by atoms with van der Waals surface area (Å²) in [5.41, 5.74) is 0.131. The van der Waals surface area contributed by atoms with Gasteiger partial charge in [-0.15, -0.1) is 5.26 Å². The van der Waals surface area contributed by atoms with Crippen LogP contribution in [0.5, 0.6) is 5.75 Å². The summed E-state index contributed by atoms with van der Waals surface area (Å²) in [4.78, 5) is 39.0. The number of benzene rings is 1. The molecule has 4 amide bonds. The lowest BCUT2D eigenvalue weighted by atomic mass is 9.77. The zero-order valence-corrected chi connectivity index (χ0v) is 22.6. The van der Waals surface area contributed by atoms with Gasteiger partial charge < -0.3 is 20.3 Å². The minimum Gasteiger partial charge on any atom is -0.388 e. The van der Waals surface area contributed by atoms with Gasteiger partial charge in [0.05, 0.1) is 6.54 Å². The topological polar surface area (TPSA) is 124 Å². The van der Waals surface area contributed by atoms with Crippen molar-refractivity contribution in [1.82, 2.24) is 20.9 Å². The molecule has 3 aliphatic rings. The second-order valence-electron chi connectivity index (χ2n) is 7.08.